The van der Waals surface area contributed by atoms with Crippen molar-refractivity contribution in [2.75, 3.05) is 4.90 Å². The van der Waals surface area contributed by atoms with E-state index in [2.05, 4.69) is 5.16 Å². The number of benzene rings is 1. The molecule has 114 valence electrons. The van der Waals surface area contributed by atoms with Gasteiger partial charge in [-0.15, -0.1) is 0 Å². The molecule has 2 fully saturated rings. The zero-order chi connectivity index (χ0) is 15.1. The monoisotopic (exact) mass is 298 g/mol. The Kier molecular flexibility index (Phi) is 3.21. The minimum Gasteiger partial charge on any atom is -0.381 e. The third kappa shape index (κ3) is 1.95. The van der Waals surface area contributed by atoms with Crippen molar-refractivity contribution in [3.8, 4) is 0 Å². The Morgan fingerprint density at radius 3 is 2.45 bits per heavy atom. The van der Waals surface area contributed by atoms with E-state index in [1.54, 1.807) is 12.1 Å². The number of rotatable bonds is 2. The first-order valence-electron chi connectivity index (χ1n) is 7.94. The zero-order valence-corrected chi connectivity index (χ0v) is 12.3. The second kappa shape index (κ2) is 5.23. The molecule has 0 N–H and O–H groups in total. The molecule has 2 atom stereocenters. The molecule has 1 saturated carbocycles. The summed E-state index contributed by atoms with van der Waals surface area (Å²) in [6.07, 6.45) is 4.87. The van der Waals surface area contributed by atoms with E-state index in [1.165, 1.54) is 11.3 Å². The molecular formula is C17H18N2O3. The average Bonchev–Trinajstić information content (AvgIpc) is 3.10. The van der Waals surface area contributed by atoms with Crippen LogP contribution in [0.4, 0.5) is 5.69 Å². The highest BCUT2D eigenvalue weighted by Gasteiger charge is 2.56. The van der Waals surface area contributed by atoms with Gasteiger partial charge in [0.2, 0.25) is 12.0 Å². The second-order valence-corrected chi connectivity index (χ2v) is 6.20. The molecule has 5 nitrogen and oxygen atoms in total. The number of carbonyl (C=O) groups excluding carboxylic acids is 2. The van der Waals surface area contributed by atoms with Crippen LogP contribution in [0, 0.1) is 11.8 Å². The minimum atomic E-state index is -0.760. The first-order valence-corrected chi connectivity index (χ1v) is 7.94. The van der Waals surface area contributed by atoms with Gasteiger partial charge in [0.1, 0.15) is 5.92 Å². The highest BCUT2D eigenvalue weighted by molar-refractivity contribution is 6.30. The number of oxime groups is 1. The molecule has 0 spiro atoms. The maximum Gasteiger partial charge on any atom is 0.278 e. The van der Waals surface area contributed by atoms with Gasteiger partial charge in [-0.3, -0.25) is 9.59 Å². The summed E-state index contributed by atoms with van der Waals surface area (Å²) in [5.74, 6) is -0.717. The smallest absolute Gasteiger partial charge is 0.278 e. The van der Waals surface area contributed by atoms with Crippen molar-refractivity contribution >= 4 is 23.2 Å². The summed E-state index contributed by atoms with van der Waals surface area (Å²) in [4.78, 5) is 31.9. The normalized spacial score (nSPS) is 28.5. The van der Waals surface area contributed by atoms with Gasteiger partial charge >= 0.3 is 0 Å². The maximum absolute atomic E-state index is 12.8. The predicted molar refractivity (Wildman–Crippen MR) is 81.3 cm³/mol. The predicted octanol–water partition coefficient (Wildman–Crippen LogP) is 2.51. The van der Waals surface area contributed by atoms with Crippen LogP contribution in [0.3, 0.4) is 0 Å². The van der Waals surface area contributed by atoms with E-state index in [0.29, 0.717) is 5.69 Å². The molecule has 0 bridgehead atoms. The van der Waals surface area contributed by atoms with Crippen LogP contribution in [0.2, 0.25) is 0 Å². The molecular weight excluding hydrogens is 280 g/mol. The van der Waals surface area contributed by atoms with Crippen LogP contribution in [-0.4, -0.2) is 23.6 Å². The lowest BCUT2D eigenvalue weighted by molar-refractivity contribution is -0.126. The third-order valence-corrected chi connectivity index (χ3v) is 4.88. The number of nitrogens with zero attached hydrogens (tertiary/aromatic N) is 2. The van der Waals surface area contributed by atoms with Crippen LogP contribution in [0.5, 0.6) is 0 Å². The van der Waals surface area contributed by atoms with Crippen LogP contribution in [0.25, 0.3) is 0 Å². The van der Waals surface area contributed by atoms with E-state index in [0.717, 1.165) is 31.4 Å². The molecule has 1 aliphatic carbocycles. The van der Waals surface area contributed by atoms with Crippen molar-refractivity contribution < 1.29 is 14.4 Å². The molecule has 0 aromatic heterocycles. The van der Waals surface area contributed by atoms with E-state index in [-0.39, 0.29) is 17.7 Å². The van der Waals surface area contributed by atoms with Gasteiger partial charge in [-0.05, 0) is 25.0 Å². The number of fused-ring (bicyclic) bond motifs is 1. The van der Waals surface area contributed by atoms with E-state index in [9.17, 15) is 9.59 Å². The van der Waals surface area contributed by atoms with E-state index in [4.69, 9.17) is 4.84 Å². The van der Waals surface area contributed by atoms with Crippen molar-refractivity contribution in [3.05, 3.63) is 30.3 Å². The fraction of sp³-hybridized carbons (Fsp3) is 0.471. The van der Waals surface area contributed by atoms with E-state index in [1.807, 2.05) is 18.2 Å². The summed E-state index contributed by atoms with van der Waals surface area (Å²) >= 11 is 0. The van der Waals surface area contributed by atoms with Crippen molar-refractivity contribution in [2.45, 2.75) is 38.2 Å². The lowest BCUT2D eigenvalue weighted by Crippen LogP contribution is -2.34. The molecule has 1 aromatic carbocycles. The lowest BCUT2D eigenvalue weighted by Gasteiger charge is -2.23. The van der Waals surface area contributed by atoms with Crippen molar-refractivity contribution in [1.82, 2.24) is 0 Å². The summed E-state index contributed by atoms with van der Waals surface area (Å²) in [6.45, 7) is 0. The Bertz CT molecular complexity index is 635. The van der Waals surface area contributed by atoms with Crippen LogP contribution in [0.1, 0.15) is 32.1 Å². The Morgan fingerprint density at radius 1 is 1.00 bits per heavy atom. The fourth-order valence-corrected chi connectivity index (χ4v) is 3.77. The highest BCUT2D eigenvalue weighted by Crippen LogP contribution is 2.38. The number of amides is 2. The van der Waals surface area contributed by atoms with E-state index < -0.39 is 12.0 Å². The van der Waals surface area contributed by atoms with Gasteiger partial charge in [0.05, 0.1) is 11.4 Å². The number of anilines is 1. The Hall–Kier alpha value is -2.17. The van der Waals surface area contributed by atoms with Gasteiger partial charge < -0.3 is 4.84 Å². The molecule has 2 heterocycles. The molecule has 3 aliphatic rings. The Morgan fingerprint density at radius 2 is 1.73 bits per heavy atom. The van der Waals surface area contributed by atoms with Crippen LogP contribution >= 0.6 is 0 Å². The van der Waals surface area contributed by atoms with Gasteiger partial charge in [-0.2, -0.15) is 0 Å². The molecule has 5 heteroatoms. The molecule has 22 heavy (non-hydrogen) atoms. The molecule has 2 unspecified atom stereocenters. The summed E-state index contributed by atoms with van der Waals surface area (Å²) < 4.78 is 0. The van der Waals surface area contributed by atoms with Crippen LogP contribution < -0.4 is 4.90 Å². The highest BCUT2D eigenvalue weighted by atomic mass is 16.6. The number of para-hydroxylation sites is 1. The fourth-order valence-electron chi connectivity index (χ4n) is 3.77. The number of carbonyl (C=O) groups is 2. The zero-order valence-electron chi connectivity index (χ0n) is 12.3. The summed E-state index contributed by atoms with van der Waals surface area (Å²) in [7, 11) is 0. The number of imide groups is 1. The third-order valence-electron chi connectivity index (χ3n) is 4.88. The largest absolute Gasteiger partial charge is 0.381 e. The SMILES string of the molecule is O=C1C2ON=C(C3CCCCC3)C2C(=O)N1c1ccccc1. The molecule has 2 aliphatic heterocycles. The number of hydrogen-bond acceptors (Lipinski definition) is 4. The van der Waals surface area contributed by atoms with Crippen molar-refractivity contribution in [3.63, 3.8) is 0 Å². The number of hydrogen-bond donors (Lipinski definition) is 0. The molecule has 4 rings (SSSR count). The average molecular weight is 298 g/mol. The maximum atomic E-state index is 12.8. The first kappa shape index (κ1) is 13.5. The second-order valence-electron chi connectivity index (χ2n) is 6.20. The van der Waals surface area contributed by atoms with Gasteiger partial charge in [-0.25, -0.2) is 4.90 Å². The lowest BCUT2D eigenvalue weighted by atomic mass is 9.80. The quantitative estimate of drug-likeness (QED) is 0.788. The standard InChI is InChI=1S/C17H18N2O3/c20-16-13-14(11-7-3-1-4-8-11)18-22-15(13)17(21)19(16)12-9-5-2-6-10-12/h2,5-6,9-11,13,15H,1,3-4,7-8H2. The first-order chi connectivity index (χ1) is 10.8. The van der Waals surface area contributed by atoms with Crippen molar-refractivity contribution in [2.24, 2.45) is 17.0 Å². The summed E-state index contributed by atoms with van der Waals surface area (Å²) in [6, 6.07) is 9.05. The van der Waals surface area contributed by atoms with Gasteiger partial charge in [-0.1, -0.05) is 42.6 Å². The summed E-state index contributed by atoms with van der Waals surface area (Å²) in [5.41, 5.74) is 1.40. The van der Waals surface area contributed by atoms with Gasteiger partial charge in [0.15, 0.2) is 0 Å². The minimum absolute atomic E-state index is 0.192. The Labute approximate surface area is 128 Å². The molecule has 2 amide bonds. The van der Waals surface area contributed by atoms with Crippen LogP contribution in [-0.2, 0) is 14.4 Å². The van der Waals surface area contributed by atoms with Gasteiger partial charge in [0, 0.05) is 5.92 Å². The van der Waals surface area contributed by atoms with Gasteiger partial charge in [0.25, 0.3) is 5.91 Å². The van der Waals surface area contributed by atoms with Crippen LogP contribution in [0.15, 0.2) is 35.5 Å². The topological polar surface area (TPSA) is 59.0 Å². The molecule has 0 radical (unpaired) electrons. The van der Waals surface area contributed by atoms with Crippen molar-refractivity contribution in [1.29, 1.82) is 0 Å². The molecule has 1 saturated heterocycles. The summed E-state index contributed by atoms with van der Waals surface area (Å²) in [5, 5.41) is 4.12. The molecule has 1 aromatic rings. The Balaban J connectivity index is 1.63. The van der Waals surface area contributed by atoms with E-state index >= 15 is 0 Å².